The molecule has 0 unspecified atom stereocenters. The fourth-order valence-electron chi connectivity index (χ4n) is 7.33. The van der Waals surface area contributed by atoms with Gasteiger partial charge < -0.3 is 57.2 Å². The zero-order valence-corrected chi connectivity index (χ0v) is 30.6. The highest BCUT2D eigenvalue weighted by Gasteiger charge is 2.58. The van der Waals surface area contributed by atoms with Crippen molar-refractivity contribution >= 4 is 64.3 Å². The molecule has 5 aliphatic rings. The molecule has 0 saturated carbocycles. The number of methoxy groups -OCH3 is 2. The molecule has 4 heterocycles. The molecular formula is C33H32Cl4O15. The number of benzene rings is 2. The molecule has 0 aromatic heterocycles. The molecule has 10 atom stereocenters. The first-order valence-corrected chi connectivity index (χ1v) is 17.7. The van der Waals surface area contributed by atoms with Crippen molar-refractivity contribution in [1.82, 2.24) is 0 Å². The van der Waals surface area contributed by atoms with E-state index in [0.29, 0.717) is 28.2 Å². The number of hydrogen-bond donors (Lipinski definition) is 1. The molecule has 4 aliphatic heterocycles. The lowest BCUT2D eigenvalue weighted by molar-refractivity contribution is -0.365. The van der Waals surface area contributed by atoms with Crippen molar-refractivity contribution < 1.29 is 71.6 Å². The van der Waals surface area contributed by atoms with Crippen LogP contribution in [-0.2, 0) is 47.5 Å². The third-order valence-electron chi connectivity index (χ3n) is 9.56. The van der Waals surface area contributed by atoms with Gasteiger partial charge in [-0.05, 0) is 47.9 Å². The molecular weight excluding hydrogens is 778 g/mol. The van der Waals surface area contributed by atoms with Gasteiger partial charge in [0.15, 0.2) is 47.8 Å². The molecule has 2 aromatic rings. The lowest BCUT2D eigenvalue weighted by Crippen LogP contribution is -2.65. The molecule has 0 radical (unpaired) electrons. The van der Waals surface area contributed by atoms with Crippen LogP contribution in [0.3, 0.4) is 0 Å². The first kappa shape index (κ1) is 37.2. The average Bonchev–Trinajstić information content (AvgIpc) is 3.74. The van der Waals surface area contributed by atoms with Crippen LogP contribution in [0.1, 0.15) is 35.6 Å². The summed E-state index contributed by atoms with van der Waals surface area (Å²) in [6.07, 6.45) is -8.18. The number of halogens is 4. The van der Waals surface area contributed by atoms with Gasteiger partial charge in [0.25, 0.3) is 0 Å². The Balaban J connectivity index is 1.34. The molecule has 3 fully saturated rings. The van der Waals surface area contributed by atoms with Crippen LogP contribution in [0.5, 0.6) is 28.7 Å². The maximum absolute atomic E-state index is 13.7. The molecule has 0 bridgehead atoms. The lowest BCUT2D eigenvalue weighted by atomic mass is 9.66. The smallest absolute Gasteiger partial charge is 0.340 e. The van der Waals surface area contributed by atoms with Crippen LogP contribution in [0.4, 0.5) is 0 Å². The van der Waals surface area contributed by atoms with Gasteiger partial charge >= 0.3 is 17.9 Å². The normalized spacial score (nSPS) is 31.7. The second-order valence-corrected chi connectivity index (χ2v) is 14.6. The van der Waals surface area contributed by atoms with E-state index in [1.54, 1.807) is 31.2 Å². The highest BCUT2D eigenvalue weighted by molar-refractivity contribution is 6.53. The van der Waals surface area contributed by atoms with E-state index >= 15 is 0 Å². The van der Waals surface area contributed by atoms with Gasteiger partial charge in [0, 0.05) is 11.8 Å². The number of alkyl halides is 4. The van der Waals surface area contributed by atoms with Gasteiger partial charge in [0.1, 0.15) is 12.2 Å². The summed E-state index contributed by atoms with van der Waals surface area (Å²) in [7, 11) is 2.79. The Labute approximate surface area is 316 Å². The summed E-state index contributed by atoms with van der Waals surface area (Å²) in [5, 5.41) is 10.7. The van der Waals surface area contributed by atoms with Crippen molar-refractivity contribution in [3.8, 4) is 28.7 Å². The summed E-state index contributed by atoms with van der Waals surface area (Å²) in [6, 6.07) is 6.68. The highest BCUT2D eigenvalue weighted by atomic mass is 35.5. The second-order valence-electron chi connectivity index (χ2n) is 12.4. The number of cyclic esters (lactones) is 1. The minimum absolute atomic E-state index is 0.0284. The summed E-state index contributed by atoms with van der Waals surface area (Å²) in [6.45, 7) is 1.46. The van der Waals surface area contributed by atoms with E-state index in [1.165, 1.54) is 14.2 Å². The van der Waals surface area contributed by atoms with E-state index in [-0.39, 0.29) is 37.3 Å². The molecule has 15 nitrogen and oxygen atoms in total. The van der Waals surface area contributed by atoms with Crippen molar-refractivity contribution in [3.05, 3.63) is 41.0 Å². The topological polar surface area (TPSA) is 173 Å². The van der Waals surface area contributed by atoms with Gasteiger partial charge in [-0.25, -0.2) is 9.59 Å². The number of rotatable bonds is 9. The molecule has 52 heavy (non-hydrogen) atoms. The Morgan fingerprint density at radius 3 is 2.08 bits per heavy atom. The standard InChI is InChI=1S/C33H32Cl4O15/c1-11-44-9-20-25(48-11)26(50-31(40)28(34)35)27(51-32(41)29(36)37)33(49-20)52-24-14-7-17-16(46-10-47-17)6-13(14)21(22-15(24)8-45-30(22)39)12-4-18(42-2)23(38)19(5-12)43-3/h4-7,11,15,20-22,24-29,33,38H,8-10H2,1-3H3/t11-,15+,20-,21-,22+,24-,25-,26+,27-,33+/m1/s1. The quantitative estimate of drug-likeness (QED) is 0.218. The van der Waals surface area contributed by atoms with Gasteiger partial charge in [-0.3, -0.25) is 4.79 Å². The Hall–Kier alpha value is -3.15. The summed E-state index contributed by atoms with van der Waals surface area (Å²) in [5.41, 5.74) is 1.69. The Morgan fingerprint density at radius 1 is 0.846 bits per heavy atom. The van der Waals surface area contributed by atoms with E-state index in [2.05, 4.69) is 0 Å². The van der Waals surface area contributed by atoms with Crippen LogP contribution in [0.2, 0.25) is 0 Å². The summed E-state index contributed by atoms with van der Waals surface area (Å²) in [5.74, 6) is -4.09. The Kier molecular flexibility index (Phi) is 10.7. The molecule has 19 heteroatoms. The summed E-state index contributed by atoms with van der Waals surface area (Å²) >= 11 is 23.5. The fraction of sp³-hybridized carbons (Fsp3) is 0.545. The largest absolute Gasteiger partial charge is 0.502 e. The molecule has 7 rings (SSSR count). The van der Waals surface area contributed by atoms with Crippen molar-refractivity contribution in [2.24, 2.45) is 11.8 Å². The van der Waals surface area contributed by atoms with Gasteiger partial charge in [0.2, 0.25) is 22.2 Å². The van der Waals surface area contributed by atoms with E-state index < -0.39 is 88.4 Å². The molecule has 1 aliphatic carbocycles. The van der Waals surface area contributed by atoms with Crippen LogP contribution >= 0.6 is 46.4 Å². The van der Waals surface area contributed by atoms with Gasteiger partial charge in [-0.2, -0.15) is 0 Å². The van der Waals surface area contributed by atoms with Crippen molar-refractivity contribution in [3.63, 3.8) is 0 Å². The number of esters is 3. The van der Waals surface area contributed by atoms with Crippen LogP contribution in [-0.4, -0.2) is 104 Å². The zero-order chi connectivity index (χ0) is 37.0. The Morgan fingerprint density at radius 2 is 1.46 bits per heavy atom. The van der Waals surface area contributed by atoms with Crippen LogP contribution in [0.25, 0.3) is 0 Å². The third-order valence-corrected chi connectivity index (χ3v) is 10.3. The monoisotopic (exact) mass is 808 g/mol. The number of ether oxygens (including phenoxy) is 11. The zero-order valence-electron chi connectivity index (χ0n) is 27.5. The van der Waals surface area contributed by atoms with Crippen molar-refractivity contribution in [2.75, 3.05) is 34.2 Å². The fourth-order valence-corrected chi connectivity index (χ4v) is 7.54. The van der Waals surface area contributed by atoms with Crippen molar-refractivity contribution in [1.29, 1.82) is 0 Å². The van der Waals surface area contributed by atoms with Gasteiger partial charge in [-0.15, -0.1) is 0 Å². The predicted molar refractivity (Wildman–Crippen MR) is 177 cm³/mol. The average molecular weight is 810 g/mol. The van der Waals surface area contributed by atoms with Crippen LogP contribution in [0, 0.1) is 11.8 Å². The maximum atomic E-state index is 13.7. The number of fused-ring (bicyclic) bond motifs is 4. The number of aromatic hydroxyl groups is 1. The molecule has 282 valence electrons. The minimum Gasteiger partial charge on any atom is -0.502 e. The van der Waals surface area contributed by atoms with E-state index in [0.717, 1.165) is 0 Å². The van der Waals surface area contributed by atoms with E-state index in [4.69, 9.17) is 98.5 Å². The number of phenols is 1. The van der Waals surface area contributed by atoms with Crippen LogP contribution in [0.15, 0.2) is 24.3 Å². The lowest BCUT2D eigenvalue weighted by Gasteiger charge is -2.49. The van der Waals surface area contributed by atoms with Gasteiger partial charge in [0.05, 0.1) is 39.5 Å². The number of hydrogen-bond acceptors (Lipinski definition) is 15. The van der Waals surface area contributed by atoms with Gasteiger partial charge in [-0.1, -0.05) is 46.4 Å². The number of carbonyl (C=O) groups is 3. The first-order chi connectivity index (χ1) is 24.9. The minimum atomic E-state index is -1.64. The maximum Gasteiger partial charge on any atom is 0.340 e. The van der Waals surface area contributed by atoms with E-state index in [9.17, 15) is 19.5 Å². The van der Waals surface area contributed by atoms with Crippen LogP contribution < -0.4 is 18.9 Å². The highest BCUT2D eigenvalue weighted by Crippen LogP contribution is 2.57. The first-order valence-electron chi connectivity index (χ1n) is 16.0. The molecule has 0 amide bonds. The summed E-state index contributed by atoms with van der Waals surface area (Å²) in [4.78, 5) is 36.2. The molecule has 2 aromatic carbocycles. The number of phenolic OH excluding ortho intramolecular Hbond substituents is 1. The SMILES string of the molecule is COc1cc([C@@H]2c3cc4c(cc3[C@@H](O[C@@H]3O[C@@H]5CO[C@@H](C)O[C@H]5[C@H](OC(=O)C(Cl)Cl)[C@H]3OC(=O)C(Cl)Cl)[C@H]3COC(=O)[C@H]23)OCO4)cc(OC)c1O. The molecule has 3 saturated heterocycles. The van der Waals surface area contributed by atoms with E-state index in [1.807, 2.05) is 0 Å². The molecule has 1 N–H and O–H groups in total. The third kappa shape index (κ3) is 6.74. The summed E-state index contributed by atoms with van der Waals surface area (Å²) < 4.78 is 64.1. The Bertz CT molecular complexity index is 1700. The number of carbonyl (C=O) groups excluding carboxylic acids is 3. The second kappa shape index (κ2) is 14.9. The van der Waals surface area contributed by atoms with Crippen molar-refractivity contribution in [2.45, 2.75) is 65.6 Å². The predicted octanol–water partition coefficient (Wildman–Crippen LogP) is 4.05. The molecule has 0 spiro atoms.